The summed E-state index contributed by atoms with van der Waals surface area (Å²) in [6.07, 6.45) is 0. The lowest BCUT2D eigenvalue weighted by Crippen LogP contribution is -2.28. The Labute approximate surface area is 116 Å². The summed E-state index contributed by atoms with van der Waals surface area (Å²) in [5.74, 6) is -0.337. The first kappa shape index (κ1) is 15.4. The van der Waals surface area contributed by atoms with Crippen LogP contribution in [0.4, 0.5) is 0 Å². The molecule has 5 nitrogen and oxygen atoms in total. The molecule has 0 aliphatic rings. The minimum atomic E-state index is -0.921. The molecule has 2 N–H and O–H groups in total. The third-order valence-electron chi connectivity index (χ3n) is 2.44. The zero-order chi connectivity index (χ0) is 14.3. The summed E-state index contributed by atoms with van der Waals surface area (Å²) in [6.45, 7) is 1.86. The Kier molecular flexibility index (Phi) is 6.21. The van der Waals surface area contributed by atoms with E-state index in [4.69, 9.17) is 9.84 Å². The van der Waals surface area contributed by atoms with Gasteiger partial charge in [-0.15, -0.1) is 11.8 Å². The van der Waals surface area contributed by atoms with Crippen molar-refractivity contribution in [2.24, 2.45) is 0 Å². The fourth-order valence-electron chi connectivity index (χ4n) is 1.62. The van der Waals surface area contributed by atoms with Crippen molar-refractivity contribution in [1.29, 1.82) is 0 Å². The molecule has 1 amide bonds. The van der Waals surface area contributed by atoms with Crippen molar-refractivity contribution in [3.8, 4) is 5.75 Å². The van der Waals surface area contributed by atoms with Gasteiger partial charge in [-0.2, -0.15) is 0 Å². The minimum absolute atomic E-state index is 0.0730. The Bertz CT molecular complexity index is 450. The quantitative estimate of drug-likeness (QED) is 0.796. The summed E-state index contributed by atoms with van der Waals surface area (Å²) in [5.41, 5.74) is 0.890. The monoisotopic (exact) mass is 283 g/mol. The summed E-state index contributed by atoms with van der Waals surface area (Å²) in [4.78, 5) is 22.0. The Hall–Kier alpha value is -1.69. The van der Waals surface area contributed by atoms with Crippen molar-refractivity contribution in [1.82, 2.24) is 5.32 Å². The molecule has 0 fully saturated rings. The summed E-state index contributed by atoms with van der Waals surface area (Å²) in [7, 11) is 1.58. The fraction of sp³-hybridized carbons (Fsp3) is 0.385. The van der Waals surface area contributed by atoms with E-state index in [2.05, 4.69) is 5.32 Å². The number of hydrogen-bond donors (Lipinski definition) is 2. The first-order valence-electron chi connectivity index (χ1n) is 5.76. The number of rotatable bonds is 7. The topological polar surface area (TPSA) is 75.6 Å². The third-order valence-corrected chi connectivity index (χ3v) is 3.36. The second kappa shape index (κ2) is 7.68. The number of carboxylic acids is 1. The van der Waals surface area contributed by atoms with Crippen LogP contribution in [0.3, 0.4) is 0 Å². The van der Waals surface area contributed by atoms with E-state index in [1.807, 2.05) is 31.2 Å². The first-order valence-corrected chi connectivity index (χ1v) is 6.92. The van der Waals surface area contributed by atoms with Gasteiger partial charge in [-0.1, -0.05) is 18.2 Å². The number of carbonyl (C=O) groups is 2. The molecule has 6 heteroatoms. The van der Waals surface area contributed by atoms with Crippen LogP contribution in [-0.4, -0.2) is 35.6 Å². The number of hydrogen-bond acceptors (Lipinski definition) is 4. The van der Waals surface area contributed by atoms with Gasteiger partial charge in [0.2, 0.25) is 5.91 Å². The van der Waals surface area contributed by atoms with Gasteiger partial charge in [0.05, 0.1) is 24.7 Å². The Morgan fingerprint density at radius 2 is 2.05 bits per heavy atom. The average Bonchev–Trinajstić information content (AvgIpc) is 2.38. The molecular formula is C13H17NO4S. The van der Waals surface area contributed by atoms with Gasteiger partial charge in [-0.05, 0) is 13.0 Å². The number of thioether (sulfide) groups is 1. The number of aliphatic carboxylic acids is 1. The van der Waals surface area contributed by atoms with Gasteiger partial charge in [-0.3, -0.25) is 9.59 Å². The Morgan fingerprint density at radius 1 is 1.37 bits per heavy atom. The molecule has 0 aromatic heterocycles. The molecule has 0 unspecified atom stereocenters. The van der Waals surface area contributed by atoms with E-state index in [1.54, 1.807) is 7.11 Å². The summed E-state index contributed by atoms with van der Waals surface area (Å²) < 4.78 is 5.23. The molecular weight excluding hydrogens is 266 g/mol. The maximum Gasteiger partial charge on any atom is 0.313 e. The molecule has 0 heterocycles. The van der Waals surface area contributed by atoms with Crippen molar-refractivity contribution in [2.45, 2.75) is 13.0 Å². The lowest BCUT2D eigenvalue weighted by Gasteiger charge is -2.17. The molecule has 0 spiro atoms. The molecule has 0 aliphatic carbocycles. The smallest absolute Gasteiger partial charge is 0.313 e. The molecule has 0 bridgehead atoms. The molecule has 1 aromatic rings. The highest BCUT2D eigenvalue weighted by Gasteiger charge is 2.13. The van der Waals surface area contributed by atoms with E-state index in [0.29, 0.717) is 5.75 Å². The molecule has 0 aliphatic heterocycles. The van der Waals surface area contributed by atoms with Gasteiger partial charge < -0.3 is 15.2 Å². The maximum absolute atomic E-state index is 11.6. The van der Waals surface area contributed by atoms with Gasteiger partial charge in [0.15, 0.2) is 0 Å². The van der Waals surface area contributed by atoms with E-state index in [-0.39, 0.29) is 23.5 Å². The van der Waals surface area contributed by atoms with E-state index in [1.165, 1.54) is 0 Å². The zero-order valence-corrected chi connectivity index (χ0v) is 11.7. The second-order valence-corrected chi connectivity index (χ2v) is 4.90. The van der Waals surface area contributed by atoms with Crippen LogP contribution in [0.15, 0.2) is 24.3 Å². The molecule has 0 radical (unpaired) electrons. The molecule has 1 aromatic carbocycles. The normalized spacial score (nSPS) is 11.7. The zero-order valence-electron chi connectivity index (χ0n) is 10.9. The molecule has 1 atom stereocenters. The maximum atomic E-state index is 11.6. The highest BCUT2D eigenvalue weighted by molar-refractivity contribution is 8.00. The fourth-order valence-corrected chi connectivity index (χ4v) is 2.16. The number of carboxylic acid groups (broad SMARTS) is 1. The van der Waals surface area contributed by atoms with Crippen molar-refractivity contribution < 1.29 is 19.4 Å². The largest absolute Gasteiger partial charge is 0.496 e. The number of nitrogens with one attached hydrogen (secondary N) is 1. The van der Waals surface area contributed by atoms with Gasteiger partial charge in [0.25, 0.3) is 0 Å². The van der Waals surface area contributed by atoms with Crippen LogP contribution in [0.1, 0.15) is 18.5 Å². The lowest BCUT2D eigenvalue weighted by molar-refractivity contribution is -0.133. The summed E-state index contributed by atoms with van der Waals surface area (Å²) in [5, 5.41) is 11.3. The third kappa shape index (κ3) is 5.21. The van der Waals surface area contributed by atoms with E-state index in [9.17, 15) is 9.59 Å². The number of carbonyl (C=O) groups excluding carboxylic acids is 1. The van der Waals surface area contributed by atoms with Crippen molar-refractivity contribution in [3.05, 3.63) is 29.8 Å². The lowest BCUT2D eigenvalue weighted by atomic mass is 10.1. The number of ether oxygens (including phenoxy) is 1. The number of amides is 1. The number of methoxy groups -OCH3 is 1. The average molecular weight is 283 g/mol. The number of benzene rings is 1. The second-order valence-electron chi connectivity index (χ2n) is 3.92. The number of para-hydroxylation sites is 1. The Morgan fingerprint density at radius 3 is 2.68 bits per heavy atom. The van der Waals surface area contributed by atoms with E-state index >= 15 is 0 Å². The van der Waals surface area contributed by atoms with Crippen LogP contribution in [-0.2, 0) is 9.59 Å². The van der Waals surface area contributed by atoms with Gasteiger partial charge >= 0.3 is 5.97 Å². The highest BCUT2D eigenvalue weighted by atomic mass is 32.2. The van der Waals surface area contributed by atoms with E-state index < -0.39 is 5.97 Å². The summed E-state index contributed by atoms with van der Waals surface area (Å²) >= 11 is 1.07. The standard InChI is InChI=1S/C13H17NO4S/c1-9(10-5-3-4-6-11(10)18-2)14-12(15)7-19-8-13(16)17/h3-6,9H,7-8H2,1-2H3,(H,14,15)(H,16,17)/t9-/m0/s1. The predicted octanol–water partition coefficient (Wildman–Crippen LogP) is 1.69. The molecule has 0 saturated carbocycles. The summed E-state index contributed by atoms with van der Waals surface area (Å²) in [6, 6.07) is 7.26. The van der Waals surface area contributed by atoms with Crippen LogP contribution < -0.4 is 10.1 Å². The van der Waals surface area contributed by atoms with Crippen molar-refractivity contribution in [2.75, 3.05) is 18.6 Å². The molecule has 19 heavy (non-hydrogen) atoms. The van der Waals surface area contributed by atoms with Crippen LogP contribution in [0.5, 0.6) is 5.75 Å². The highest BCUT2D eigenvalue weighted by Crippen LogP contribution is 2.24. The van der Waals surface area contributed by atoms with E-state index in [0.717, 1.165) is 17.3 Å². The van der Waals surface area contributed by atoms with Crippen molar-refractivity contribution in [3.63, 3.8) is 0 Å². The predicted molar refractivity (Wildman–Crippen MR) is 74.5 cm³/mol. The SMILES string of the molecule is COc1ccccc1[C@H](C)NC(=O)CSCC(=O)O. The van der Waals surface area contributed by atoms with Crippen LogP contribution in [0.25, 0.3) is 0 Å². The molecule has 0 saturated heterocycles. The van der Waals surface area contributed by atoms with Gasteiger partial charge in [-0.25, -0.2) is 0 Å². The molecule has 104 valence electrons. The molecule has 1 rings (SSSR count). The van der Waals surface area contributed by atoms with Crippen molar-refractivity contribution >= 4 is 23.6 Å². The van der Waals surface area contributed by atoms with Crippen LogP contribution >= 0.6 is 11.8 Å². The minimum Gasteiger partial charge on any atom is -0.496 e. The Balaban J connectivity index is 2.52. The first-order chi connectivity index (χ1) is 9.04. The van der Waals surface area contributed by atoms with Crippen LogP contribution in [0.2, 0.25) is 0 Å². The van der Waals surface area contributed by atoms with Gasteiger partial charge in [0.1, 0.15) is 5.75 Å². The van der Waals surface area contributed by atoms with Gasteiger partial charge in [0, 0.05) is 5.56 Å². The van der Waals surface area contributed by atoms with Crippen LogP contribution in [0, 0.1) is 0 Å².